The number of carbonyl (C=O) groups is 1. The molecule has 4 heteroatoms. The van der Waals surface area contributed by atoms with Gasteiger partial charge in [0.1, 0.15) is 11.4 Å². The monoisotopic (exact) mass is 237 g/mol. The van der Waals surface area contributed by atoms with E-state index < -0.39 is 0 Å². The third-order valence-corrected chi connectivity index (χ3v) is 4.39. The molecule has 0 aromatic carbocycles. The number of hydrogen-bond acceptors (Lipinski definition) is 2. The highest BCUT2D eigenvalue weighted by Gasteiger charge is 2.50. The molecule has 1 atom stereocenters. The summed E-state index contributed by atoms with van der Waals surface area (Å²) in [6, 6.07) is -0.0788. The summed E-state index contributed by atoms with van der Waals surface area (Å²) in [6.07, 6.45) is 7.02. The molecule has 4 nitrogen and oxygen atoms in total. The molecule has 2 N–H and O–H groups in total. The molecular weight excluding hydrogens is 214 g/mol. The number of amides is 2. The Morgan fingerprint density at radius 2 is 2.06 bits per heavy atom. The van der Waals surface area contributed by atoms with E-state index in [9.17, 15) is 4.79 Å². The SMILES string of the molecule is CCCN1C(=O)NC(=N)C1(C)C1CCCCC1. The summed E-state index contributed by atoms with van der Waals surface area (Å²) >= 11 is 0. The molecule has 1 aliphatic heterocycles. The Hall–Kier alpha value is -1.06. The summed E-state index contributed by atoms with van der Waals surface area (Å²) < 4.78 is 0. The van der Waals surface area contributed by atoms with E-state index in [2.05, 4.69) is 19.2 Å². The lowest BCUT2D eigenvalue weighted by atomic mass is 9.74. The third-order valence-electron chi connectivity index (χ3n) is 4.39. The lowest BCUT2D eigenvalue weighted by Crippen LogP contribution is -2.53. The molecule has 2 rings (SSSR count). The van der Waals surface area contributed by atoms with E-state index in [0.29, 0.717) is 11.8 Å². The Bertz CT molecular complexity index is 323. The average molecular weight is 237 g/mol. The van der Waals surface area contributed by atoms with Gasteiger partial charge in [-0.05, 0) is 32.1 Å². The minimum absolute atomic E-state index is 0.0788. The van der Waals surface area contributed by atoms with E-state index in [0.717, 1.165) is 25.8 Å². The summed E-state index contributed by atoms with van der Waals surface area (Å²) in [7, 11) is 0. The molecule has 17 heavy (non-hydrogen) atoms. The standard InChI is InChI=1S/C13H23N3O/c1-3-9-16-12(17)15-11(14)13(16,2)10-7-5-4-6-8-10/h10H,3-9H2,1-2H3,(H2,14,15,17). The van der Waals surface area contributed by atoms with Crippen molar-refractivity contribution in [1.82, 2.24) is 10.2 Å². The van der Waals surface area contributed by atoms with Crippen molar-refractivity contribution in [2.24, 2.45) is 5.92 Å². The quantitative estimate of drug-likeness (QED) is 0.779. The lowest BCUT2D eigenvalue weighted by molar-refractivity contribution is 0.123. The molecule has 96 valence electrons. The van der Waals surface area contributed by atoms with Gasteiger partial charge < -0.3 is 4.90 Å². The number of urea groups is 1. The van der Waals surface area contributed by atoms with E-state index in [4.69, 9.17) is 5.41 Å². The van der Waals surface area contributed by atoms with Gasteiger partial charge in [-0.3, -0.25) is 10.7 Å². The molecule has 0 spiro atoms. The molecule has 2 fully saturated rings. The summed E-state index contributed by atoms with van der Waals surface area (Å²) in [5, 5.41) is 10.8. The number of hydrogen-bond donors (Lipinski definition) is 2. The normalized spacial score (nSPS) is 30.8. The zero-order chi connectivity index (χ0) is 12.5. The summed E-state index contributed by atoms with van der Waals surface area (Å²) in [5.74, 6) is 0.858. The minimum Gasteiger partial charge on any atom is -0.312 e. The van der Waals surface area contributed by atoms with Gasteiger partial charge in [0.2, 0.25) is 0 Å². The molecule has 1 saturated heterocycles. The first-order valence-electron chi connectivity index (χ1n) is 6.78. The molecule has 0 bridgehead atoms. The van der Waals surface area contributed by atoms with Gasteiger partial charge in [0.25, 0.3) is 0 Å². The second kappa shape index (κ2) is 4.67. The second-order valence-corrected chi connectivity index (χ2v) is 5.44. The van der Waals surface area contributed by atoms with E-state index in [1.165, 1.54) is 19.3 Å². The molecule has 1 heterocycles. The Labute approximate surface area is 103 Å². The van der Waals surface area contributed by atoms with Gasteiger partial charge in [-0.15, -0.1) is 0 Å². The highest BCUT2D eigenvalue weighted by molar-refractivity contribution is 6.08. The van der Waals surface area contributed by atoms with Crippen LogP contribution in [0.5, 0.6) is 0 Å². The zero-order valence-electron chi connectivity index (χ0n) is 10.9. The predicted molar refractivity (Wildman–Crippen MR) is 68.2 cm³/mol. The van der Waals surface area contributed by atoms with Gasteiger partial charge in [-0.2, -0.15) is 0 Å². The van der Waals surface area contributed by atoms with Crippen molar-refractivity contribution in [2.45, 2.75) is 57.9 Å². The number of carbonyl (C=O) groups excluding carboxylic acids is 1. The Kier molecular flexibility index (Phi) is 3.40. The fourth-order valence-corrected chi connectivity index (χ4v) is 3.29. The molecule has 0 radical (unpaired) electrons. The average Bonchev–Trinajstić information content (AvgIpc) is 2.55. The van der Waals surface area contributed by atoms with Crippen LogP contribution in [0.4, 0.5) is 4.79 Å². The summed E-state index contributed by atoms with van der Waals surface area (Å²) in [6.45, 7) is 4.90. The van der Waals surface area contributed by atoms with Gasteiger partial charge in [0.15, 0.2) is 0 Å². The van der Waals surface area contributed by atoms with Crippen LogP contribution in [0.2, 0.25) is 0 Å². The molecule has 0 aromatic rings. The fraction of sp³-hybridized carbons (Fsp3) is 0.846. The zero-order valence-corrected chi connectivity index (χ0v) is 10.9. The molecular formula is C13H23N3O. The van der Waals surface area contributed by atoms with Crippen LogP contribution in [0.25, 0.3) is 0 Å². The molecule has 2 amide bonds. The van der Waals surface area contributed by atoms with Crippen molar-refractivity contribution < 1.29 is 4.79 Å². The van der Waals surface area contributed by atoms with Crippen LogP contribution < -0.4 is 5.32 Å². The highest BCUT2D eigenvalue weighted by atomic mass is 16.2. The molecule has 1 aliphatic carbocycles. The number of amidine groups is 1. The molecule has 2 aliphatic rings. The van der Waals surface area contributed by atoms with Crippen molar-refractivity contribution in [3.63, 3.8) is 0 Å². The summed E-state index contributed by atoms with van der Waals surface area (Å²) in [4.78, 5) is 13.8. The van der Waals surface area contributed by atoms with Gasteiger partial charge >= 0.3 is 6.03 Å². The third kappa shape index (κ3) is 1.94. The van der Waals surface area contributed by atoms with Crippen LogP contribution in [-0.4, -0.2) is 28.9 Å². The molecule has 0 aromatic heterocycles. The van der Waals surface area contributed by atoms with Crippen molar-refractivity contribution in [1.29, 1.82) is 5.41 Å². The van der Waals surface area contributed by atoms with E-state index >= 15 is 0 Å². The van der Waals surface area contributed by atoms with Crippen molar-refractivity contribution in [3.8, 4) is 0 Å². The first-order chi connectivity index (χ1) is 8.10. The van der Waals surface area contributed by atoms with E-state index in [1.54, 1.807) is 0 Å². The molecule has 1 unspecified atom stereocenters. The maximum absolute atomic E-state index is 11.9. The van der Waals surface area contributed by atoms with Crippen molar-refractivity contribution >= 4 is 11.9 Å². The van der Waals surface area contributed by atoms with Crippen molar-refractivity contribution in [3.05, 3.63) is 0 Å². The number of nitrogens with zero attached hydrogens (tertiary/aromatic N) is 1. The van der Waals surface area contributed by atoms with E-state index in [1.807, 2.05) is 4.90 Å². The number of nitrogens with one attached hydrogen (secondary N) is 2. The Morgan fingerprint density at radius 1 is 1.41 bits per heavy atom. The van der Waals surface area contributed by atoms with Crippen LogP contribution in [0, 0.1) is 11.3 Å². The van der Waals surface area contributed by atoms with Gasteiger partial charge in [-0.1, -0.05) is 26.2 Å². The number of rotatable bonds is 3. The smallest absolute Gasteiger partial charge is 0.312 e. The molecule has 1 saturated carbocycles. The first-order valence-corrected chi connectivity index (χ1v) is 6.78. The predicted octanol–water partition coefficient (Wildman–Crippen LogP) is 2.74. The summed E-state index contributed by atoms with van der Waals surface area (Å²) in [5.41, 5.74) is -0.381. The fourth-order valence-electron chi connectivity index (χ4n) is 3.29. The topological polar surface area (TPSA) is 56.2 Å². The minimum atomic E-state index is -0.381. The maximum atomic E-state index is 11.9. The van der Waals surface area contributed by atoms with Gasteiger partial charge in [-0.25, -0.2) is 4.79 Å². The Balaban J connectivity index is 2.23. The van der Waals surface area contributed by atoms with Crippen LogP contribution >= 0.6 is 0 Å². The maximum Gasteiger partial charge on any atom is 0.323 e. The highest BCUT2D eigenvalue weighted by Crippen LogP contribution is 2.39. The second-order valence-electron chi connectivity index (χ2n) is 5.44. The van der Waals surface area contributed by atoms with Crippen LogP contribution in [0.1, 0.15) is 52.4 Å². The first kappa shape index (κ1) is 12.4. The van der Waals surface area contributed by atoms with Crippen LogP contribution in [0.3, 0.4) is 0 Å². The van der Waals surface area contributed by atoms with Gasteiger partial charge in [0, 0.05) is 6.54 Å². The largest absolute Gasteiger partial charge is 0.323 e. The van der Waals surface area contributed by atoms with Crippen LogP contribution in [0.15, 0.2) is 0 Å². The Morgan fingerprint density at radius 3 is 2.65 bits per heavy atom. The van der Waals surface area contributed by atoms with Gasteiger partial charge in [0.05, 0.1) is 0 Å². The lowest BCUT2D eigenvalue weighted by Gasteiger charge is -2.41. The van der Waals surface area contributed by atoms with E-state index in [-0.39, 0.29) is 11.6 Å². The van der Waals surface area contributed by atoms with Crippen LogP contribution in [-0.2, 0) is 0 Å². The van der Waals surface area contributed by atoms with Crippen molar-refractivity contribution in [2.75, 3.05) is 6.54 Å².